The van der Waals surface area contributed by atoms with Crippen molar-refractivity contribution in [1.29, 1.82) is 0 Å². The van der Waals surface area contributed by atoms with Crippen LogP contribution in [-0.2, 0) is 10.0 Å². The first-order valence-corrected chi connectivity index (χ1v) is 8.06. The van der Waals surface area contributed by atoms with Gasteiger partial charge in [-0.3, -0.25) is 0 Å². The highest BCUT2D eigenvalue weighted by molar-refractivity contribution is 7.91. The van der Waals surface area contributed by atoms with Crippen molar-refractivity contribution in [2.75, 3.05) is 13.6 Å². The SMILES string of the molecule is CN(CC(C)(C)C)S(=O)(=O)c1ccc(C(N)=S)s1. The van der Waals surface area contributed by atoms with E-state index >= 15 is 0 Å². The number of sulfonamides is 1. The molecule has 0 aliphatic rings. The Labute approximate surface area is 118 Å². The highest BCUT2D eigenvalue weighted by Gasteiger charge is 2.26. The van der Waals surface area contributed by atoms with E-state index in [9.17, 15) is 8.42 Å². The largest absolute Gasteiger partial charge is 0.389 e. The zero-order valence-corrected chi connectivity index (χ0v) is 13.4. The third-order valence-electron chi connectivity index (χ3n) is 2.19. The molecule has 0 fully saturated rings. The third-order valence-corrected chi connectivity index (χ3v) is 5.92. The predicted molar refractivity (Wildman–Crippen MR) is 79.5 cm³/mol. The molecular weight excluding hydrogens is 288 g/mol. The minimum absolute atomic E-state index is 0.0922. The van der Waals surface area contributed by atoms with Crippen LogP contribution in [0, 0.1) is 5.41 Å². The lowest BCUT2D eigenvalue weighted by Gasteiger charge is -2.25. The number of rotatable bonds is 4. The molecule has 0 saturated carbocycles. The Kier molecular flexibility index (Phi) is 4.53. The number of nitrogens with two attached hydrogens (primary N) is 1. The molecule has 4 nitrogen and oxygen atoms in total. The zero-order chi connectivity index (χ0) is 14.1. The lowest BCUT2D eigenvalue weighted by Crippen LogP contribution is -2.34. The summed E-state index contributed by atoms with van der Waals surface area (Å²) in [6.07, 6.45) is 0. The van der Waals surface area contributed by atoms with Gasteiger partial charge in [-0.1, -0.05) is 33.0 Å². The van der Waals surface area contributed by atoms with E-state index in [2.05, 4.69) is 0 Å². The first kappa shape index (κ1) is 15.6. The van der Waals surface area contributed by atoms with Gasteiger partial charge in [-0.15, -0.1) is 11.3 Å². The predicted octanol–water partition coefficient (Wildman–Crippen LogP) is 2.05. The van der Waals surface area contributed by atoms with Gasteiger partial charge in [0.2, 0.25) is 0 Å². The summed E-state index contributed by atoms with van der Waals surface area (Å²) in [5, 5.41) is 0. The molecule has 0 atom stereocenters. The Morgan fingerprint density at radius 1 is 1.44 bits per heavy atom. The van der Waals surface area contributed by atoms with Crippen molar-refractivity contribution < 1.29 is 8.42 Å². The highest BCUT2D eigenvalue weighted by atomic mass is 32.2. The van der Waals surface area contributed by atoms with Crippen molar-refractivity contribution in [2.24, 2.45) is 11.1 Å². The van der Waals surface area contributed by atoms with E-state index in [-0.39, 0.29) is 14.6 Å². The Balaban J connectivity index is 3.02. The molecule has 0 saturated heterocycles. The third kappa shape index (κ3) is 3.74. The topological polar surface area (TPSA) is 63.4 Å². The number of hydrogen-bond acceptors (Lipinski definition) is 4. The molecule has 0 aliphatic carbocycles. The molecule has 7 heteroatoms. The summed E-state index contributed by atoms with van der Waals surface area (Å²) in [4.78, 5) is 0.840. The van der Waals surface area contributed by atoms with Gasteiger partial charge < -0.3 is 5.73 Å². The zero-order valence-electron chi connectivity index (χ0n) is 10.9. The van der Waals surface area contributed by atoms with Gasteiger partial charge in [-0.05, 0) is 17.5 Å². The quantitative estimate of drug-likeness (QED) is 0.865. The molecule has 0 aliphatic heterocycles. The molecule has 0 amide bonds. The van der Waals surface area contributed by atoms with Crippen LogP contribution in [-0.4, -0.2) is 31.3 Å². The first-order valence-electron chi connectivity index (χ1n) is 5.40. The Hall–Kier alpha value is -0.500. The number of hydrogen-bond donors (Lipinski definition) is 1. The lowest BCUT2D eigenvalue weighted by molar-refractivity contribution is 0.311. The summed E-state index contributed by atoms with van der Waals surface area (Å²) in [5.74, 6) is 0. The van der Waals surface area contributed by atoms with Gasteiger partial charge in [0.15, 0.2) is 0 Å². The summed E-state index contributed by atoms with van der Waals surface area (Å²) in [6, 6.07) is 3.19. The molecule has 18 heavy (non-hydrogen) atoms. The normalized spacial score (nSPS) is 12.9. The average molecular weight is 306 g/mol. The summed E-state index contributed by atoms with van der Waals surface area (Å²) < 4.78 is 26.2. The van der Waals surface area contributed by atoms with Crippen LogP contribution in [0.3, 0.4) is 0 Å². The summed E-state index contributed by atoms with van der Waals surface area (Å²) >= 11 is 5.94. The number of thiocarbonyl (C=S) groups is 1. The van der Waals surface area contributed by atoms with Gasteiger partial charge in [0, 0.05) is 13.6 Å². The molecule has 0 aromatic carbocycles. The van der Waals surface area contributed by atoms with E-state index in [0.29, 0.717) is 11.4 Å². The maximum absolute atomic E-state index is 12.3. The second kappa shape index (κ2) is 5.24. The van der Waals surface area contributed by atoms with Crippen LogP contribution in [0.5, 0.6) is 0 Å². The second-order valence-corrected chi connectivity index (χ2v) is 9.10. The number of nitrogens with zero attached hydrogens (tertiary/aromatic N) is 1. The van der Waals surface area contributed by atoms with Gasteiger partial charge in [0.25, 0.3) is 10.0 Å². The van der Waals surface area contributed by atoms with E-state index in [1.807, 2.05) is 20.8 Å². The van der Waals surface area contributed by atoms with Crippen LogP contribution in [0.25, 0.3) is 0 Å². The standard InChI is InChI=1S/C11H18N2O2S3/c1-11(2,3)7-13(4)18(14,15)9-6-5-8(17-9)10(12)16/h5-6H,7H2,1-4H3,(H2,12,16). The van der Waals surface area contributed by atoms with E-state index in [4.69, 9.17) is 18.0 Å². The van der Waals surface area contributed by atoms with Crippen molar-refractivity contribution in [3.05, 3.63) is 17.0 Å². The van der Waals surface area contributed by atoms with Crippen LogP contribution in [0.15, 0.2) is 16.3 Å². The van der Waals surface area contributed by atoms with Crippen molar-refractivity contribution in [2.45, 2.75) is 25.0 Å². The van der Waals surface area contributed by atoms with Gasteiger partial charge in [0.05, 0.1) is 4.88 Å². The summed E-state index contributed by atoms with van der Waals surface area (Å²) in [7, 11) is -1.86. The van der Waals surface area contributed by atoms with Crippen LogP contribution < -0.4 is 5.73 Å². The Morgan fingerprint density at radius 2 is 2.00 bits per heavy atom. The second-order valence-electron chi connectivity index (χ2n) is 5.30. The van der Waals surface area contributed by atoms with Crippen molar-refractivity contribution in [3.63, 3.8) is 0 Å². The van der Waals surface area contributed by atoms with Crippen LogP contribution in [0.4, 0.5) is 0 Å². The molecule has 2 N–H and O–H groups in total. The molecule has 1 aromatic heterocycles. The van der Waals surface area contributed by atoms with Crippen molar-refractivity contribution >= 4 is 38.6 Å². The van der Waals surface area contributed by atoms with Gasteiger partial charge in [-0.2, -0.15) is 4.31 Å². The highest BCUT2D eigenvalue weighted by Crippen LogP contribution is 2.26. The molecular formula is C11H18N2O2S3. The van der Waals surface area contributed by atoms with Gasteiger partial charge >= 0.3 is 0 Å². The van der Waals surface area contributed by atoms with Gasteiger partial charge in [0.1, 0.15) is 9.20 Å². The molecule has 0 bridgehead atoms. The Bertz CT molecular complexity index is 541. The lowest BCUT2D eigenvalue weighted by atomic mass is 9.97. The van der Waals surface area contributed by atoms with Crippen LogP contribution in [0.1, 0.15) is 25.6 Å². The van der Waals surface area contributed by atoms with Crippen molar-refractivity contribution in [1.82, 2.24) is 4.31 Å². The molecule has 0 spiro atoms. The van der Waals surface area contributed by atoms with E-state index in [0.717, 1.165) is 11.3 Å². The van der Waals surface area contributed by atoms with Gasteiger partial charge in [-0.25, -0.2) is 8.42 Å². The molecule has 1 aromatic rings. The molecule has 1 heterocycles. The maximum Gasteiger partial charge on any atom is 0.252 e. The number of thiophene rings is 1. The minimum Gasteiger partial charge on any atom is -0.389 e. The van der Waals surface area contributed by atoms with Crippen LogP contribution in [0.2, 0.25) is 0 Å². The van der Waals surface area contributed by atoms with Crippen molar-refractivity contribution in [3.8, 4) is 0 Å². The minimum atomic E-state index is -3.45. The molecule has 0 radical (unpaired) electrons. The Morgan fingerprint density at radius 3 is 2.39 bits per heavy atom. The maximum atomic E-state index is 12.3. The molecule has 102 valence electrons. The smallest absolute Gasteiger partial charge is 0.252 e. The molecule has 0 unspecified atom stereocenters. The fourth-order valence-corrected chi connectivity index (χ4v) is 4.46. The first-order chi connectivity index (χ1) is 8.04. The summed E-state index contributed by atoms with van der Waals surface area (Å²) in [6.45, 7) is 6.44. The van der Waals surface area contributed by atoms with E-state index < -0.39 is 10.0 Å². The average Bonchev–Trinajstić information content (AvgIpc) is 2.63. The summed E-state index contributed by atoms with van der Waals surface area (Å²) in [5.41, 5.74) is 5.39. The van der Waals surface area contributed by atoms with E-state index in [1.54, 1.807) is 19.2 Å². The monoisotopic (exact) mass is 306 g/mol. The molecule has 1 rings (SSSR count). The van der Waals surface area contributed by atoms with E-state index in [1.165, 1.54) is 4.31 Å². The fourth-order valence-electron chi connectivity index (χ4n) is 1.50. The van der Waals surface area contributed by atoms with Crippen LogP contribution >= 0.6 is 23.6 Å². The fraction of sp³-hybridized carbons (Fsp3) is 0.545.